The SMILES string of the molecule is CCCn1ncc(OC)c1C(N)C(C)OC. The maximum Gasteiger partial charge on any atom is 0.161 e. The van der Waals surface area contributed by atoms with Crippen molar-refractivity contribution in [2.75, 3.05) is 14.2 Å². The van der Waals surface area contributed by atoms with Crippen LogP contribution in [0, 0.1) is 0 Å². The minimum absolute atomic E-state index is 0.0683. The number of nitrogens with two attached hydrogens (primary N) is 1. The quantitative estimate of drug-likeness (QED) is 0.796. The summed E-state index contributed by atoms with van der Waals surface area (Å²) in [6, 6.07) is -0.228. The molecule has 2 N–H and O–H groups in total. The number of aromatic nitrogens is 2. The number of nitrogens with zero attached hydrogens (tertiary/aromatic N) is 2. The second-order valence-electron chi connectivity index (χ2n) is 3.79. The van der Waals surface area contributed by atoms with E-state index in [2.05, 4.69) is 12.0 Å². The number of ether oxygens (including phenoxy) is 2. The summed E-state index contributed by atoms with van der Waals surface area (Å²) in [5.41, 5.74) is 7.04. The van der Waals surface area contributed by atoms with Gasteiger partial charge in [0.05, 0.1) is 31.1 Å². The van der Waals surface area contributed by atoms with Gasteiger partial charge in [-0.1, -0.05) is 6.92 Å². The summed E-state index contributed by atoms with van der Waals surface area (Å²) < 4.78 is 12.4. The summed E-state index contributed by atoms with van der Waals surface area (Å²) in [5, 5.41) is 4.27. The van der Waals surface area contributed by atoms with Crippen molar-refractivity contribution in [1.82, 2.24) is 9.78 Å². The molecule has 0 aliphatic heterocycles. The van der Waals surface area contributed by atoms with Crippen LogP contribution in [-0.4, -0.2) is 30.1 Å². The van der Waals surface area contributed by atoms with Crippen LogP contribution in [0.4, 0.5) is 0 Å². The third kappa shape index (κ3) is 2.54. The van der Waals surface area contributed by atoms with Crippen LogP contribution in [-0.2, 0) is 11.3 Å². The van der Waals surface area contributed by atoms with E-state index in [0.717, 1.165) is 24.4 Å². The lowest BCUT2D eigenvalue weighted by Gasteiger charge is -2.20. The summed E-state index contributed by atoms with van der Waals surface area (Å²) in [6.07, 6.45) is 2.64. The lowest BCUT2D eigenvalue weighted by molar-refractivity contribution is 0.0920. The Morgan fingerprint density at radius 2 is 2.19 bits per heavy atom. The van der Waals surface area contributed by atoms with Crippen LogP contribution in [0.3, 0.4) is 0 Å². The van der Waals surface area contributed by atoms with Gasteiger partial charge in [-0.25, -0.2) is 0 Å². The van der Waals surface area contributed by atoms with Crippen LogP contribution in [0.25, 0.3) is 0 Å². The Morgan fingerprint density at radius 3 is 2.69 bits per heavy atom. The van der Waals surface area contributed by atoms with E-state index in [1.54, 1.807) is 20.4 Å². The molecule has 1 heterocycles. The highest BCUT2D eigenvalue weighted by Gasteiger charge is 2.23. The van der Waals surface area contributed by atoms with Crippen molar-refractivity contribution in [1.29, 1.82) is 0 Å². The van der Waals surface area contributed by atoms with Crippen molar-refractivity contribution in [2.45, 2.75) is 39.0 Å². The van der Waals surface area contributed by atoms with Crippen molar-refractivity contribution in [3.05, 3.63) is 11.9 Å². The van der Waals surface area contributed by atoms with E-state index < -0.39 is 0 Å². The van der Waals surface area contributed by atoms with E-state index in [9.17, 15) is 0 Å². The van der Waals surface area contributed by atoms with E-state index in [4.69, 9.17) is 15.2 Å². The zero-order valence-electron chi connectivity index (χ0n) is 10.4. The van der Waals surface area contributed by atoms with Gasteiger partial charge in [-0.2, -0.15) is 5.10 Å². The minimum Gasteiger partial charge on any atom is -0.493 e. The van der Waals surface area contributed by atoms with E-state index in [1.165, 1.54) is 0 Å². The molecule has 0 aliphatic rings. The van der Waals surface area contributed by atoms with Gasteiger partial charge >= 0.3 is 0 Å². The maximum atomic E-state index is 6.14. The number of aryl methyl sites for hydroxylation is 1. The molecule has 1 aromatic rings. The van der Waals surface area contributed by atoms with E-state index in [-0.39, 0.29) is 12.1 Å². The van der Waals surface area contributed by atoms with E-state index in [1.807, 2.05) is 11.6 Å². The molecule has 0 spiro atoms. The number of hydrogen-bond donors (Lipinski definition) is 1. The van der Waals surface area contributed by atoms with Crippen LogP contribution in [0.2, 0.25) is 0 Å². The summed E-state index contributed by atoms with van der Waals surface area (Å²) in [5.74, 6) is 0.727. The normalized spacial score (nSPS) is 14.8. The fourth-order valence-corrected chi connectivity index (χ4v) is 1.63. The Balaban J connectivity index is 3.01. The summed E-state index contributed by atoms with van der Waals surface area (Å²) >= 11 is 0. The number of hydrogen-bond acceptors (Lipinski definition) is 4. The summed E-state index contributed by atoms with van der Waals surface area (Å²) in [4.78, 5) is 0. The standard InChI is InChI=1S/C11H21N3O2/c1-5-6-14-11(9(16-4)7-13-14)10(12)8(2)15-3/h7-8,10H,5-6,12H2,1-4H3. The molecule has 0 saturated carbocycles. The Labute approximate surface area is 96.5 Å². The zero-order valence-corrected chi connectivity index (χ0v) is 10.4. The molecule has 1 aromatic heterocycles. The van der Waals surface area contributed by atoms with E-state index >= 15 is 0 Å². The van der Waals surface area contributed by atoms with Crippen LogP contribution < -0.4 is 10.5 Å². The molecule has 16 heavy (non-hydrogen) atoms. The fraction of sp³-hybridized carbons (Fsp3) is 0.727. The summed E-state index contributed by atoms with van der Waals surface area (Å²) in [7, 11) is 3.28. The smallest absolute Gasteiger partial charge is 0.161 e. The third-order valence-corrected chi connectivity index (χ3v) is 2.69. The van der Waals surface area contributed by atoms with Gasteiger partial charge in [-0.3, -0.25) is 4.68 Å². The highest BCUT2D eigenvalue weighted by atomic mass is 16.5. The molecule has 0 bridgehead atoms. The fourth-order valence-electron chi connectivity index (χ4n) is 1.63. The molecule has 0 aromatic carbocycles. The Kier molecular flexibility index (Phi) is 4.76. The molecule has 2 unspecified atom stereocenters. The number of methoxy groups -OCH3 is 2. The molecule has 0 fully saturated rings. The molecule has 2 atom stereocenters. The molecule has 0 radical (unpaired) electrons. The van der Waals surface area contributed by atoms with Crippen molar-refractivity contribution >= 4 is 0 Å². The highest BCUT2D eigenvalue weighted by molar-refractivity contribution is 5.28. The predicted octanol–water partition coefficient (Wildman–Crippen LogP) is 1.34. The van der Waals surface area contributed by atoms with Gasteiger partial charge in [0.2, 0.25) is 0 Å². The van der Waals surface area contributed by atoms with Crippen LogP contribution in [0.1, 0.15) is 32.0 Å². The Bertz CT molecular complexity index is 325. The first kappa shape index (κ1) is 13.0. The predicted molar refractivity (Wildman–Crippen MR) is 62.5 cm³/mol. The average molecular weight is 227 g/mol. The lowest BCUT2D eigenvalue weighted by atomic mass is 10.1. The Hall–Kier alpha value is -1.07. The van der Waals surface area contributed by atoms with Gasteiger partial charge in [-0.15, -0.1) is 0 Å². The molecule has 1 rings (SSSR count). The molecule has 92 valence electrons. The summed E-state index contributed by atoms with van der Waals surface area (Å²) in [6.45, 7) is 4.87. The topological polar surface area (TPSA) is 62.3 Å². The molecule has 0 saturated heterocycles. The molecular weight excluding hydrogens is 206 g/mol. The first-order valence-corrected chi connectivity index (χ1v) is 5.53. The average Bonchev–Trinajstić information content (AvgIpc) is 2.70. The van der Waals surface area contributed by atoms with Gasteiger partial charge in [0, 0.05) is 13.7 Å². The van der Waals surface area contributed by atoms with Crippen LogP contribution in [0.15, 0.2) is 6.20 Å². The Morgan fingerprint density at radius 1 is 1.50 bits per heavy atom. The maximum absolute atomic E-state index is 6.14. The molecule has 0 aliphatic carbocycles. The zero-order chi connectivity index (χ0) is 12.1. The minimum atomic E-state index is -0.228. The molecule has 0 amide bonds. The second kappa shape index (κ2) is 5.86. The van der Waals surface area contributed by atoms with Gasteiger partial charge in [-0.05, 0) is 13.3 Å². The monoisotopic (exact) mass is 227 g/mol. The first-order chi connectivity index (χ1) is 7.65. The molecule has 5 heteroatoms. The largest absolute Gasteiger partial charge is 0.493 e. The van der Waals surface area contributed by atoms with Crippen molar-refractivity contribution < 1.29 is 9.47 Å². The van der Waals surface area contributed by atoms with Crippen LogP contribution in [0.5, 0.6) is 5.75 Å². The first-order valence-electron chi connectivity index (χ1n) is 5.53. The van der Waals surface area contributed by atoms with Gasteiger partial charge in [0.1, 0.15) is 0 Å². The number of rotatable bonds is 6. The van der Waals surface area contributed by atoms with Crippen molar-refractivity contribution in [2.24, 2.45) is 5.73 Å². The van der Waals surface area contributed by atoms with Gasteiger partial charge < -0.3 is 15.2 Å². The van der Waals surface area contributed by atoms with Gasteiger partial charge in [0.15, 0.2) is 5.75 Å². The van der Waals surface area contributed by atoms with Crippen LogP contribution >= 0.6 is 0 Å². The second-order valence-corrected chi connectivity index (χ2v) is 3.79. The molecule has 5 nitrogen and oxygen atoms in total. The lowest BCUT2D eigenvalue weighted by Crippen LogP contribution is -2.28. The molecular formula is C11H21N3O2. The van der Waals surface area contributed by atoms with Crippen molar-refractivity contribution in [3.63, 3.8) is 0 Å². The third-order valence-electron chi connectivity index (χ3n) is 2.69. The van der Waals surface area contributed by atoms with Crippen molar-refractivity contribution in [3.8, 4) is 5.75 Å². The van der Waals surface area contributed by atoms with E-state index in [0.29, 0.717) is 0 Å². The highest BCUT2D eigenvalue weighted by Crippen LogP contribution is 2.26. The van der Waals surface area contributed by atoms with Gasteiger partial charge in [0.25, 0.3) is 0 Å².